The van der Waals surface area contributed by atoms with Crippen LogP contribution < -0.4 is 0 Å². The molecule has 0 saturated heterocycles. The Balaban J connectivity index is 2.25. The van der Waals surface area contributed by atoms with Gasteiger partial charge in [-0.05, 0) is 11.6 Å². The molecule has 0 saturated carbocycles. The number of hydrogen-bond acceptors (Lipinski definition) is 1. The fourth-order valence-corrected chi connectivity index (χ4v) is 1.89. The SMILES string of the molecule is O=C(CCCl)Cc1c[nH]c2ccccc12. The Hall–Kier alpha value is -1.28. The summed E-state index contributed by atoms with van der Waals surface area (Å²) in [6, 6.07) is 7.98. The third-order valence-corrected chi connectivity index (χ3v) is 2.62. The summed E-state index contributed by atoms with van der Waals surface area (Å²) in [7, 11) is 0. The molecule has 0 spiro atoms. The molecule has 0 bridgehead atoms. The molecule has 0 aliphatic heterocycles. The highest BCUT2D eigenvalue weighted by molar-refractivity contribution is 6.19. The van der Waals surface area contributed by atoms with Crippen molar-refractivity contribution in [1.29, 1.82) is 0 Å². The number of benzene rings is 1. The first kappa shape index (κ1) is 10.2. The number of aromatic amines is 1. The second-order valence-electron chi connectivity index (χ2n) is 3.51. The summed E-state index contributed by atoms with van der Waals surface area (Å²) < 4.78 is 0. The van der Waals surface area contributed by atoms with Gasteiger partial charge in [0.2, 0.25) is 0 Å². The van der Waals surface area contributed by atoms with E-state index in [4.69, 9.17) is 11.6 Å². The van der Waals surface area contributed by atoms with Gasteiger partial charge in [-0.25, -0.2) is 0 Å². The van der Waals surface area contributed by atoms with Crippen molar-refractivity contribution in [2.75, 3.05) is 5.88 Å². The fraction of sp³-hybridized carbons (Fsp3) is 0.250. The molecule has 2 nitrogen and oxygen atoms in total. The van der Waals surface area contributed by atoms with Crippen molar-refractivity contribution < 1.29 is 4.79 Å². The lowest BCUT2D eigenvalue weighted by atomic mass is 10.1. The normalized spacial score (nSPS) is 10.7. The van der Waals surface area contributed by atoms with E-state index in [1.54, 1.807) is 0 Å². The van der Waals surface area contributed by atoms with E-state index >= 15 is 0 Å². The highest BCUT2D eigenvalue weighted by Gasteiger charge is 2.07. The van der Waals surface area contributed by atoms with Gasteiger partial charge in [0, 0.05) is 35.8 Å². The molecule has 0 aliphatic carbocycles. The summed E-state index contributed by atoms with van der Waals surface area (Å²) in [5.41, 5.74) is 2.13. The first-order chi connectivity index (χ1) is 7.31. The average Bonchev–Trinajstić information content (AvgIpc) is 2.62. The summed E-state index contributed by atoms with van der Waals surface area (Å²) >= 11 is 5.53. The average molecular weight is 222 g/mol. The van der Waals surface area contributed by atoms with Crippen molar-refractivity contribution in [1.82, 2.24) is 4.98 Å². The summed E-state index contributed by atoms with van der Waals surface area (Å²) in [5.74, 6) is 0.594. The predicted molar refractivity (Wildman–Crippen MR) is 62.3 cm³/mol. The number of halogens is 1. The van der Waals surface area contributed by atoms with Gasteiger partial charge in [-0.1, -0.05) is 18.2 Å². The Kier molecular flexibility index (Phi) is 3.07. The number of ketones is 1. The highest BCUT2D eigenvalue weighted by atomic mass is 35.5. The third kappa shape index (κ3) is 2.21. The van der Waals surface area contributed by atoms with Crippen LogP contribution >= 0.6 is 11.6 Å². The first-order valence-corrected chi connectivity index (χ1v) is 5.47. The van der Waals surface area contributed by atoms with Crippen molar-refractivity contribution >= 4 is 28.3 Å². The molecular weight excluding hydrogens is 210 g/mol. The maximum absolute atomic E-state index is 11.5. The number of carbonyl (C=O) groups is 1. The van der Waals surface area contributed by atoms with Crippen LogP contribution in [0.3, 0.4) is 0 Å². The maximum Gasteiger partial charge on any atom is 0.138 e. The summed E-state index contributed by atoms with van der Waals surface area (Å²) in [4.78, 5) is 14.6. The number of rotatable bonds is 4. The van der Waals surface area contributed by atoms with E-state index in [2.05, 4.69) is 4.98 Å². The van der Waals surface area contributed by atoms with Gasteiger partial charge in [-0.3, -0.25) is 4.79 Å². The number of aromatic nitrogens is 1. The van der Waals surface area contributed by atoms with E-state index in [1.165, 1.54) is 0 Å². The number of alkyl halides is 1. The smallest absolute Gasteiger partial charge is 0.138 e. The van der Waals surface area contributed by atoms with E-state index in [0.717, 1.165) is 16.5 Å². The van der Waals surface area contributed by atoms with Gasteiger partial charge < -0.3 is 4.98 Å². The van der Waals surface area contributed by atoms with Gasteiger partial charge in [0.05, 0.1) is 0 Å². The summed E-state index contributed by atoms with van der Waals surface area (Å²) in [6.07, 6.45) is 2.81. The Morgan fingerprint density at radius 1 is 1.33 bits per heavy atom. The zero-order valence-corrected chi connectivity index (χ0v) is 9.05. The highest BCUT2D eigenvalue weighted by Crippen LogP contribution is 2.18. The third-order valence-electron chi connectivity index (χ3n) is 2.44. The van der Waals surface area contributed by atoms with Crippen LogP contribution in [-0.2, 0) is 11.2 Å². The number of fused-ring (bicyclic) bond motifs is 1. The molecule has 0 amide bonds. The Labute approximate surface area is 93.2 Å². The zero-order valence-electron chi connectivity index (χ0n) is 8.29. The molecule has 1 aromatic heterocycles. The van der Waals surface area contributed by atoms with E-state index < -0.39 is 0 Å². The van der Waals surface area contributed by atoms with Crippen molar-refractivity contribution in [2.24, 2.45) is 0 Å². The molecule has 1 aromatic carbocycles. The number of para-hydroxylation sites is 1. The molecule has 1 heterocycles. The second-order valence-corrected chi connectivity index (χ2v) is 3.89. The number of Topliss-reactive ketones (excluding diaryl/α,β-unsaturated/α-hetero) is 1. The Morgan fingerprint density at radius 2 is 2.13 bits per heavy atom. The lowest BCUT2D eigenvalue weighted by molar-refractivity contribution is -0.118. The van der Waals surface area contributed by atoms with Gasteiger partial charge in [-0.2, -0.15) is 0 Å². The molecule has 3 heteroatoms. The van der Waals surface area contributed by atoms with Gasteiger partial charge in [-0.15, -0.1) is 11.6 Å². The maximum atomic E-state index is 11.5. The van der Waals surface area contributed by atoms with Crippen LogP contribution in [0.25, 0.3) is 10.9 Å². The van der Waals surface area contributed by atoms with Crippen LogP contribution in [0.5, 0.6) is 0 Å². The molecule has 0 atom stereocenters. The topological polar surface area (TPSA) is 32.9 Å². The van der Waals surface area contributed by atoms with E-state index in [1.807, 2.05) is 30.5 Å². The first-order valence-electron chi connectivity index (χ1n) is 4.94. The monoisotopic (exact) mass is 221 g/mol. The number of nitrogens with one attached hydrogen (secondary N) is 1. The van der Waals surface area contributed by atoms with Gasteiger partial charge in [0.25, 0.3) is 0 Å². The minimum absolute atomic E-state index is 0.190. The van der Waals surface area contributed by atoms with E-state index in [0.29, 0.717) is 18.7 Å². The quantitative estimate of drug-likeness (QED) is 0.792. The summed E-state index contributed by atoms with van der Waals surface area (Å²) in [5, 5.41) is 1.13. The predicted octanol–water partition coefficient (Wildman–Crippen LogP) is 2.91. The zero-order chi connectivity index (χ0) is 10.7. The van der Waals surface area contributed by atoms with Crippen LogP contribution in [0.4, 0.5) is 0 Å². The number of hydrogen-bond donors (Lipinski definition) is 1. The summed E-state index contributed by atoms with van der Waals surface area (Å²) in [6.45, 7) is 0. The van der Waals surface area contributed by atoms with Crippen molar-refractivity contribution in [3.63, 3.8) is 0 Å². The van der Waals surface area contributed by atoms with Crippen LogP contribution in [-0.4, -0.2) is 16.6 Å². The molecule has 0 unspecified atom stereocenters. The molecule has 0 fully saturated rings. The molecule has 2 rings (SSSR count). The van der Waals surface area contributed by atoms with Gasteiger partial charge >= 0.3 is 0 Å². The lowest BCUT2D eigenvalue weighted by Crippen LogP contribution is -2.02. The van der Waals surface area contributed by atoms with Crippen LogP contribution in [0, 0.1) is 0 Å². The van der Waals surface area contributed by atoms with Crippen molar-refractivity contribution in [3.05, 3.63) is 36.0 Å². The molecule has 1 N–H and O–H groups in total. The number of H-pyrrole nitrogens is 1. The van der Waals surface area contributed by atoms with E-state index in [-0.39, 0.29) is 5.78 Å². The minimum atomic E-state index is 0.190. The molecule has 78 valence electrons. The van der Waals surface area contributed by atoms with E-state index in [9.17, 15) is 4.79 Å². The van der Waals surface area contributed by atoms with Gasteiger partial charge in [0.15, 0.2) is 0 Å². The lowest BCUT2D eigenvalue weighted by Gasteiger charge is -1.97. The molecule has 15 heavy (non-hydrogen) atoms. The molecule has 0 radical (unpaired) electrons. The number of carbonyl (C=O) groups excluding carboxylic acids is 1. The Morgan fingerprint density at radius 3 is 2.93 bits per heavy atom. The van der Waals surface area contributed by atoms with Crippen LogP contribution in [0.1, 0.15) is 12.0 Å². The molecule has 2 aromatic rings. The minimum Gasteiger partial charge on any atom is -0.361 e. The largest absolute Gasteiger partial charge is 0.361 e. The van der Waals surface area contributed by atoms with Crippen LogP contribution in [0.2, 0.25) is 0 Å². The standard InChI is InChI=1S/C12H12ClNO/c13-6-5-10(15)7-9-8-14-12-4-2-1-3-11(9)12/h1-4,8,14H,5-7H2. The van der Waals surface area contributed by atoms with Crippen molar-refractivity contribution in [3.8, 4) is 0 Å². The van der Waals surface area contributed by atoms with Gasteiger partial charge in [0.1, 0.15) is 5.78 Å². The fourth-order valence-electron chi connectivity index (χ4n) is 1.68. The van der Waals surface area contributed by atoms with Crippen molar-refractivity contribution in [2.45, 2.75) is 12.8 Å². The molecule has 0 aliphatic rings. The molecular formula is C12H12ClNO. The van der Waals surface area contributed by atoms with Crippen LogP contribution in [0.15, 0.2) is 30.5 Å². The second kappa shape index (κ2) is 4.49. The Bertz CT molecular complexity index is 475.